The van der Waals surface area contributed by atoms with E-state index in [2.05, 4.69) is 15.4 Å². The molecule has 5 nitrogen and oxygen atoms in total. The van der Waals surface area contributed by atoms with E-state index in [1.807, 2.05) is 0 Å². The topological polar surface area (TPSA) is 67.4 Å². The SMILES string of the molecule is O=C(CNC(=O)c1ccc(F)cc1)Nc1ccc(OC(F)(F)F)cc1. The summed E-state index contributed by atoms with van der Waals surface area (Å²) in [5.74, 6) is -2.06. The van der Waals surface area contributed by atoms with Crippen molar-refractivity contribution in [1.29, 1.82) is 0 Å². The van der Waals surface area contributed by atoms with Crippen LogP contribution in [0.3, 0.4) is 0 Å². The maximum atomic E-state index is 12.8. The molecule has 0 heterocycles. The number of benzene rings is 2. The first-order chi connectivity index (χ1) is 11.7. The van der Waals surface area contributed by atoms with E-state index in [0.717, 1.165) is 24.3 Å². The Bertz CT molecular complexity index is 743. The van der Waals surface area contributed by atoms with Crippen LogP contribution in [0.25, 0.3) is 0 Å². The van der Waals surface area contributed by atoms with Crippen molar-refractivity contribution >= 4 is 17.5 Å². The quantitative estimate of drug-likeness (QED) is 0.809. The monoisotopic (exact) mass is 356 g/mol. The summed E-state index contributed by atoms with van der Waals surface area (Å²) >= 11 is 0. The maximum absolute atomic E-state index is 12.8. The molecule has 9 heteroatoms. The van der Waals surface area contributed by atoms with Gasteiger partial charge in [0.1, 0.15) is 11.6 Å². The van der Waals surface area contributed by atoms with Gasteiger partial charge in [0.15, 0.2) is 0 Å². The Hall–Kier alpha value is -3.10. The third-order valence-electron chi connectivity index (χ3n) is 2.89. The average molecular weight is 356 g/mol. The summed E-state index contributed by atoms with van der Waals surface area (Å²) in [5.41, 5.74) is 0.415. The maximum Gasteiger partial charge on any atom is 0.573 e. The van der Waals surface area contributed by atoms with Crippen LogP contribution in [0.4, 0.5) is 23.2 Å². The van der Waals surface area contributed by atoms with Crippen molar-refractivity contribution in [3.05, 3.63) is 59.9 Å². The molecule has 0 aliphatic heterocycles. The van der Waals surface area contributed by atoms with E-state index >= 15 is 0 Å². The van der Waals surface area contributed by atoms with Gasteiger partial charge in [0.2, 0.25) is 5.91 Å². The van der Waals surface area contributed by atoms with Crippen LogP contribution in [-0.4, -0.2) is 24.7 Å². The Balaban J connectivity index is 1.83. The van der Waals surface area contributed by atoms with Crippen LogP contribution in [0.15, 0.2) is 48.5 Å². The summed E-state index contributed by atoms with van der Waals surface area (Å²) in [6.45, 7) is -0.364. The molecule has 132 valence electrons. The summed E-state index contributed by atoms with van der Waals surface area (Å²) < 4.78 is 52.6. The minimum Gasteiger partial charge on any atom is -0.406 e. The molecule has 0 aliphatic carbocycles. The summed E-state index contributed by atoms with van der Waals surface area (Å²) in [4.78, 5) is 23.5. The van der Waals surface area contributed by atoms with Gasteiger partial charge in [-0.2, -0.15) is 0 Å². The zero-order valence-electron chi connectivity index (χ0n) is 12.6. The molecular formula is C16H12F4N2O3. The predicted octanol–water partition coefficient (Wildman–Crippen LogP) is 3.09. The van der Waals surface area contributed by atoms with Crippen molar-refractivity contribution in [2.75, 3.05) is 11.9 Å². The Morgan fingerprint density at radius 2 is 1.56 bits per heavy atom. The number of hydrogen-bond donors (Lipinski definition) is 2. The van der Waals surface area contributed by atoms with Gasteiger partial charge in [-0.15, -0.1) is 13.2 Å². The van der Waals surface area contributed by atoms with Crippen LogP contribution in [0, 0.1) is 5.82 Å². The molecule has 0 bridgehead atoms. The second kappa shape index (κ2) is 7.65. The number of ether oxygens (including phenoxy) is 1. The molecular weight excluding hydrogens is 344 g/mol. The van der Waals surface area contributed by atoms with Gasteiger partial charge in [-0.05, 0) is 48.5 Å². The zero-order chi connectivity index (χ0) is 18.4. The van der Waals surface area contributed by atoms with Crippen LogP contribution >= 0.6 is 0 Å². The van der Waals surface area contributed by atoms with Crippen LogP contribution in [0.5, 0.6) is 5.75 Å². The molecule has 2 amide bonds. The summed E-state index contributed by atoms with van der Waals surface area (Å²) in [7, 11) is 0. The lowest BCUT2D eigenvalue weighted by Gasteiger charge is -2.10. The summed E-state index contributed by atoms with van der Waals surface area (Å²) in [6, 6.07) is 9.28. The van der Waals surface area contributed by atoms with E-state index in [-0.39, 0.29) is 17.8 Å². The van der Waals surface area contributed by atoms with Gasteiger partial charge < -0.3 is 15.4 Å². The minimum atomic E-state index is -4.80. The number of nitrogens with one attached hydrogen (secondary N) is 2. The van der Waals surface area contributed by atoms with Crippen molar-refractivity contribution in [2.45, 2.75) is 6.36 Å². The number of rotatable bonds is 5. The molecule has 0 unspecified atom stereocenters. The van der Waals surface area contributed by atoms with Crippen LogP contribution < -0.4 is 15.4 Å². The number of halogens is 4. The molecule has 2 N–H and O–H groups in total. The van der Waals surface area contributed by atoms with Gasteiger partial charge in [0.25, 0.3) is 5.91 Å². The third-order valence-corrected chi connectivity index (χ3v) is 2.89. The highest BCUT2D eigenvalue weighted by molar-refractivity contribution is 5.99. The highest BCUT2D eigenvalue weighted by Gasteiger charge is 2.30. The highest BCUT2D eigenvalue weighted by Crippen LogP contribution is 2.23. The molecule has 25 heavy (non-hydrogen) atoms. The summed E-state index contributed by atoms with van der Waals surface area (Å²) in [6.07, 6.45) is -4.80. The van der Waals surface area contributed by atoms with Gasteiger partial charge in [-0.3, -0.25) is 9.59 Å². The third kappa shape index (κ3) is 6.13. The molecule has 0 spiro atoms. The van der Waals surface area contributed by atoms with Crippen molar-refractivity contribution in [1.82, 2.24) is 5.32 Å². The number of anilines is 1. The number of carbonyl (C=O) groups excluding carboxylic acids is 2. The van der Waals surface area contributed by atoms with Crippen LogP contribution in [-0.2, 0) is 4.79 Å². The Kier molecular flexibility index (Phi) is 5.58. The second-order valence-corrected chi connectivity index (χ2v) is 4.81. The lowest BCUT2D eigenvalue weighted by molar-refractivity contribution is -0.274. The van der Waals surface area contributed by atoms with Crippen molar-refractivity contribution in [3.63, 3.8) is 0 Å². The van der Waals surface area contributed by atoms with E-state index in [1.54, 1.807) is 0 Å². The van der Waals surface area contributed by atoms with Crippen molar-refractivity contribution in [2.24, 2.45) is 0 Å². The molecule has 0 atom stereocenters. The van der Waals surface area contributed by atoms with Crippen LogP contribution in [0.2, 0.25) is 0 Å². The fourth-order valence-corrected chi connectivity index (χ4v) is 1.81. The Morgan fingerprint density at radius 1 is 0.960 bits per heavy atom. The molecule has 0 saturated carbocycles. The number of hydrogen-bond acceptors (Lipinski definition) is 3. The lowest BCUT2D eigenvalue weighted by atomic mass is 10.2. The predicted molar refractivity (Wildman–Crippen MR) is 80.5 cm³/mol. The molecule has 2 rings (SSSR count). The normalized spacial score (nSPS) is 10.9. The molecule has 2 aromatic rings. The van der Waals surface area contributed by atoms with Gasteiger partial charge in [0, 0.05) is 11.3 Å². The van der Waals surface area contributed by atoms with E-state index in [1.165, 1.54) is 24.3 Å². The van der Waals surface area contributed by atoms with E-state index in [4.69, 9.17) is 0 Å². The molecule has 0 fully saturated rings. The van der Waals surface area contributed by atoms with E-state index < -0.39 is 29.7 Å². The van der Waals surface area contributed by atoms with E-state index in [9.17, 15) is 27.2 Å². The fraction of sp³-hybridized carbons (Fsp3) is 0.125. The second-order valence-electron chi connectivity index (χ2n) is 4.81. The lowest BCUT2D eigenvalue weighted by Crippen LogP contribution is -2.32. The number of alkyl halides is 3. The fourth-order valence-electron chi connectivity index (χ4n) is 1.81. The largest absolute Gasteiger partial charge is 0.573 e. The molecule has 0 radical (unpaired) electrons. The van der Waals surface area contributed by atoms with Gasteiger partial charge in [-0.1, -0.05) is 0 Å². The first-order valence-corrected chi connectivity index (χ1v) is 6.92. The van der Waals surface area contributed by atoms with E-state index in [0.29, 0.717) is 0 Å². The van der Waals surface area contributed by atoms with Gasteiger partial charge >= 0.3 is 6.36 Å². The Morgan fingerprint density at radius 3 is 2.12 bits per heavy atom. The molecule has 2 aromatic carbocycles. The zero-order valence-corrected chi connectivity index (χ0v) is 12.6. The molecule has 0 saturated heterocycles. The van der Waals surface area contributed by atoms with Gasteiger partial charge in [0.05, 0.1) is 6.54 Å². The smallest absolute Gasteiger partial charge is 0.406 e. The minimum absolute atomic E-state index is 0.183. The molecule has 0 aliphatic rings. The van der Waals surface area contributed by atoms with Crippen molar-refractivity contribution in [3.8, 4) is 5.75 Å². The average Bonchev–Trinajstić information content (AvgIpc) is 2.54. The summed E-state index contributed by atoms with van der Waals surface area (Å²) in [5, 5.41) is 4.73. The molecule has 0 aromatic heterocycles. The number of carbonyl (C=O) groups is 2. The number of amides is 2. The van der Waals surface area contributed by atoms with Gasteiger partial charge in [-0.25, -0.2) is 4.39 Å². The first-order valence-electron chi connectivity index (χ1n) is 6.92. The van der Waals surface area contributed by atoms with Crippen molar-refractivity contribution < 1.29 is 31.9 Å². The standard InChI is InChI=1S/C16H12F4N2O3/c17-11-3-1-10(2-4-11)15(24)21-9-14(23)22-12-5-7-13(8-6-12)25-16(18,19)20/h1-8H,9H2,(H,21,24)(H,22,23). The first kappa shape index (κ1) is 18.2. The van der Waals surface area contributed by atoms with Crippen LogP contribution in [0.1, 0.15) is 10.4 Å². The Labute approximate surface area is 139 Å². The highest BCUT2D eigenvalue weighted by atomic mass is 19.4.